The van der Waals surface area contributed by atoms with Gasteiger partial charge in [0.15, 0.2) is 0 Å². The molecule has 0 aliphatic carbocycles. The highest BCUT2D eigenvalue weighted by Crippen LogP contribution is 2.34. The molecule has 0 radical (unpaired) electrons. The summed E-state index contributed by atoms with van der Waals surface area (Å²) in [5, 5.41) is 15.5. The van der Waals surface area contributed by atoms with Crippen molar-refractivity contribution >= 4 is 23.4 Å². The lowest BCUT2D eigenvalue weighted by atomic mass is 10.0. The molecule has 1 aromatic heterocycles. The summed E-state index contributed by atoms with van der Waals surface area (Å²) < 4.78 is 10.8. The zero-order valence-electron chi connectivity index (χ0n) is 15.8. The standard InChI is InChI=1S/C22H20N2O4S/c1-27-17-8-4-15(5-9-17)19-13-20(21-3-2-12-28-21)24(23-19)22(26)14-29-18-10-6-16(25)7-11-18/h2-12,20,25H,13-14H2,1H3. The number of nitrogens with zero attached hydrogens (tertiary/aromatic N) is 2. The van der Waals surface area contributed by atoms with Crippen LogP contribution >= 0.6 is 11.8 Å². The highest BCUT2D eigenvalue weighted by molar-refractivity contribution is 8.00. The number of phenolic OH excluding ortho intramolecular Hbond substituents is 1. The topological polar surface area (TPSA) is 75.3 Å². The molecular formula is C22H20N2O4S. The van der Waals surface area contributed by atoms with Crippen molar-refractivity contribution in [2.45, 2.75) is 17.4 Å². The lowest BCUT2D eigenvalue weighted by molar-refractivity contribution is -0.130. The molecule has 0 saturated carbocycles. The van der Waals surface area contributed by atoms with Crippen molar-refractivity contribution < 1.29 is 19.1 Å². The molecule has 0 spiro atoms. The Bertz CT molecular complexity index is 998. The number of methoxy groups -OCH3 is 1. The van der Waals surface area contributed by atoms with Gasteiger partial charge in [0.25, 0.3) is 5.91 Å². The molecule has 0 fully saturated rings. The van der Waals surface area contributed by atoms with Crippen LogP contribution in [-0.2, 0) is 4.79 Å². The van der Waals surface area contributed by atoms with E-state index in [0.29, 0.717) is 12.2 Å². The van der Waals surface area contributed by atoms with E-state index in [9.17, 15) is 9.90 Å². The molecule has 1 aliphatic rings. The summed E-state index contributed by atoms with van der Waals surface area (Å²) in [5.74, 6) is 1.81. The van der Waals surface area contributed by atoms with Crippen LogP contribution in [0.3, 0.4) is 0 Å². The first-order chi connectivity index (χ1) is 14.1. The van der Waals surface area contributed by atoms with Gasteiger partial charge in [0.2, 0.25) is 0 Å². The Morgan fingerprint density at radius 3 is 2.62 bits per heavy atom. The molecule has 0 saturated heterocycles. The molecule has 1 atom stereocenters. The fourth-order valence-corrected chi connectivity index (χ4v) is 3.91. The summed E-state index contributed by atoms with van der Waals surface area (Å²) in [6.45, 7) is 0. The van der Waals surface area contributed by atoms with E-state index in [1.807, 2.05) is 36.4 Å². The fourth-order valence-electron chi connectivity index (χ4n) is 3.15. The second-order valence-corrected chi connectivity index (χ2v) is 7.58. The van der Waals surface area contributed by atoms with Crippen LogP contribution in [-0.4, -0.2) is 34.6 Å². The van der Waals surface area contributed by atoms with Crippen LogP contribution < -0.4 is 4.74 Å². The summed E-state index contributed by atoms with van der Waals surface area (Å²) in [6.07, 6.45) is 2.18. The third-order valence-corrected chi connectivity index (χ3v) is 5.66. The van der Waals surface area contributed by atoms with Crippen LogP contribution in [0.4, 0.5) is 0 Å². The highest BCUT2D eigenvalue weighted by atomic mass is 32.2. The van der Waals surface area contributed by atoms with Crippen molar-refractivity contribution in [3.8, 4) is 11.5 Å². The zero-order chi connectivity index (χ0) is 20.2. The highest BCUT2D eigenvalue weighted by Gasteiger charge is 2.34. The maximum absolute atomic E-state index is 13.0. The van der Waals surface area contributed by atoms with Crippen molar-refractivity contribution in [1.29, 1.82) is 0 Å². The zero-order valence-corrected chi connectivity index (χ0v) is 16.6. The number of furan rings is 1. The van der Waals surface area contributed by atoms with Crippen LogP contribution in [0.15, 0.2) is 81.3 Å². The Morgan fingerprint density at radius 1 is 1.21 bits per heavy atom. The van der Waals surface area contributed by atoms with Crippen LogP contribution in [0.5, 0.6) is 11.5 Å². The van der Waals surface area contributed by atoms with E-state index >= 15 is 0 Å². The van der Waals surface area contributed by atoms with E-state index in [0.717, 1.165) is 21.9 Å². The van der Waals surface area contributed by atoms with E-state index in [2.05, 4.69) is 5.10 Å². The van der Waals surface area contributed by atoms with E-state index in [4.69, 9.17) is 9.15 Å². The SMILES string of the molecule is COc1ccc(C2=NN(C(=O)CSc3ccc(O)cc3)C(c3ccco3)C2)cc1. The van der Waals surface area contributed by atoms with Gasteiger partial charge in [-0.25, -0.2) is 5.01 Å². The predicted octanol–water partition coefficient (Wildman–Crippen LogP) is 4.46. The van der Waals surface area contributed by atoms with Crippen LogP contribution in [0, 0.1) is 0 Å². The summed E-state index contributed by atoms with van der Waals surface area (Å²) in [6, 6.07) is 17.8. The number of benzene rings is 2. The molecule has 2 aromatic carbocycles. The molecule has 6 nitrogen and oxygen atoms in total. The Labute approximate surface area is 172 Å². The monoisotopic (exact) mass is 408 g/mol. The number of ether oxygens (including phenoxy) is 1. The Morgan fingerprint density at radius 2 is 1.97 bits per heavy atom. The van der Waals surface area contributed by atoms with E-state index < -0.39 is 0 Å². The van der Waals surface area contributed by atoms with Gasteiger partial charge >= 0.3 is 0 Å². The van der Waals surface area contributed by atoms with Gasteiger partial charge in [0, 0.05) is 11.3 Å². The molecule has 0 bridgehead atoms. The molecule has 1 N–H and O–H groups in total. The number of rotatable bonds is 6. The van der Waals surface area contributed by atoms with Gasteiger partial charge in [-0.1, -0.05) is 0 Å². The molecule has 4 rings (SSSR count). The van der Waals surface area contributed by atoms with Crippen LogP contribution in [0.2, 0.25) is 0 Å². The first-order valence-corrected chi connectivity index (χ1v) is 10.1. The molecule has 2 heterocycles. The van der Waals surface area contributed by atoms with Gasteiger partial charge in [-0.05, 0) is 66.2 Å². The number of carbonyl (C=O) groups excluding carboxylic acids is 1. The lowest BCUT2D eigenvalue weighted by Crippen LogP contribution is -2.28. The molecule has 1 aliphatic heterocycles. The Balaban J connectivity index is 1.53. The maximum Gasteiger partial charge on any atom is 0.253 e. The van der Waals surface area contributed by atoms with E-state index in [1.165, 1.54) is 16.8 Å². The minimum Gasteiger partial charge on any atom is -0.508 e. The molecular weight excluding hydrogens is 388 g/mol. The lowest BCUT2D eigenvalue weighted by Gasteiger charge is -2.19. The van der Waals surface area contributed by atoms with Crippen molar-refractivity contribution in [2.75, 3.05) is 12.9 Å². The maximum atomic E-state index is 13.0. The van der Waals surface area contributed by atoms with Gasteiger partial charge in [0.05, 0.1) is 24.8 Å². The number of carbonyl (C=O) groups is 1. The second kappa shape index (κ2) is 8.45. The number of hydrogen-bond donors (Lipinski definition) is 1. The normalized spacial score (nSPS) is 16.0. The Hall–Kier alpha value is -3.19. The van der Waals surface area contributed by atoms with Gasteiger partial charge in [-0.15, -0.1) is 11.8 Å². The van der Waals surface area contributed by atoms with Gasteiger partial charge < -0.3 is 14.3 Å². The van der Waals surface area contributed by atoms with Crippen molar-refractivity contribution in [1.82, 2.24) is 5.01 Å². The molecule has 1 amide bonds. The molecule has 1 unspecified atom stereocenters. The first-order valence-electron chi connectivity index (χ1n) is 9.13. The largest absolute Gasteiger partial charge is 0.508 e. The average molecular weight is 408 g/mol. The quantitative estimate of drug-likeness (QED) is 0.610. The van der Waals surface area contributed by atoms with Crippen LogP contribution in [0.25, 0.3) is 0 Å². The predicted molar refractivity (Wildman–Crippen MR) is 111 cm³/mol. The minimum absolute atomic E-state index is 0.104. The molecule has 3 aromatic rings. The number of phenols is 1. The Kier molecular flexibility index (Phi) is 5.57. The van der Waals surface area contributed by atoms with Gasteiger partial charge in [0.1, 0.15) is 23.3 Å². The number of thioether (sulfide) groups is 1. The number of hydrazone groups is 1. The summed E-state index contributed by atoms with van der Waals surface area (Å²) >= 11 is 1.41. The summed E-state index contributed by atoms with van der Waals surface area (Å²) in [4.78, 5) is 13.9. The molecule has 7 heteroatoms. The second-order valence-electron chi connectivity index (χ2n) is 6.53. The van der Waals surface area contributed by atoms with Gasteiger partial charge in [-0.2, -0.15) is 5.10 Å². The third kappa shape index (κ3) is 4.30. The molecule has 29 heavy (non-hydrogen) atoms. The van der Waals surface area contributed by atoms with Crippen molar-refractivity contribution in [3.63, 3.8) is 0 Å². The summed E-state index contributed by atoms with van der Waals surface area (Å²) in [7, 11) is 1.63. The third-order valence-electron chi connectivity index (χ3n) is 4.66. The number of amides is 1. The minimum atomic E-state index is -0.269. The first kappa shape index (κ1) is 19.1. The fraction of sp³-hybridized carbons (Fsp3) is 0.182. The average Bonchev–Trinajstić information content (AvgIpc) is 3.43. The van der Waals surface area contributed by atoms with Crippen molar-refractivity contribution in [2.24, 2.45) is 5.10 Å². The smallest absolute Gasteiger partial charge is 0.253 e. The van der Waals surface area contributed by atoms with Gasteiger partial charge in [-0.3, -0.25) is 4.79 Å². The van der Waals surface area contributed by atoms with Crippen LogP contribution in [0.1, 0.15) is 23.8 Å². The number of aromatic hydroxyl groups is 1. The summed E-state index contributed by atoms with van der Waals surface area (Å²) in [5.41, 5.74) is 1.78. The van der Waals surface area contributed by atoms with E-state index in [1.54, 1.807) is 37.6 Å². The van der Waals surface area contributed by atoms with Crippen molar-refractivity contribution in [3.05, 3.63) is 78.3 Å². The molecule has 148 valence electrons. The van der Waals surface area contributed by atoms with E-state index in [-0.39, 0.29) is 23.5 Å². The number of hydrogen-bond acceptors (Lipinski definition) is 6.